The van der Waals surface area contributed by atoms with E-state index in [1.165, 1.54) is 18.2 Å². The van der Waals surface area contributed by atoms with Gasteiger partial charge in [-0.2, -0.15) is 13.2 Å². The van der Waals surface area contributed by atoms with Gasteiger partial charge in [-0.3, -0.25) is 4.79 Å². The molecule has 138 valence electrons. The summed E-state index contributed by atoms with van der Waals surface area (Å²) >= 11 is 6.26. The number of alkyl halides is 3. The molecule has 3 rings (SSSR count). The summed E-state index contributed by atoms with van der Waals surface area (Å²) in [6.45, 7) is 1.84. The normalized spacial score (nSPS) is 11.3. The van der Waals surface area contributed by atoms with E-state index in [2.05, 4.69) is 5.32 Å². The average Bonchev–Trinajstić information content (AvgIpc) is 2.61. The van der Waals surface area contributed by atoms with E-state index in [9.17, 15) is 18.0 Å². The van der Waals surface area contributed by atoms with Gasteiger partial charge in [0.1, 0.15) is 0 Å². The minimum Gasteiger partial charge on any atom is -0.355 e. The predicted molar refractivity (Wildman–Crippen MR) is 101 cm³/mol. The van der Waals surface area contributed by atoms with Gasteiger partial charge in [0.2, 0.25) is 0 Å². The molecule has 27 heavy (non-hydrogen) atoms. The maximum atomic E-state index is 12.8. The predicted octanol–water partition coefficient (Wildman–Crippen LogP) is 6.64. The van der Waals surface area contributed by atoms with E-state index < -0.39 is 11.7 Å². The van der Waals surface area contributed by atoms with Crippen LogP contribution in [-0.4, -0.2) is 5.78 Å². The Labute approximate surface area is 159 Å². The van der Waals surface area contributed by atoms with Crippen molar-refractivity contribution in [3.05, 3.63) is 94.0 Å². The van der Waals surface area contributed by atoms with Crippen LogP contribution >= 0.6 is 11.6 Å². The Morgan fingerprint density at radius 3 is 2.26 bits per heavy atom. The summed E-state index contributed by atoms with van der Waals surface area (Å²) in [6.07, 6.45) is -4.42. The van der Waals surface area contributed by atoms with Crippen molar-refractivity contribution in [3.63, 3.8) is 0 Å². The van der Waals surface area contributed by atoms with E-state index in [-0.39, 0.29) is 16.5 Å². The molecule has 0 fully saturated rings. The summed E-state index contributed by atoms with van der Waals surface area (Å²) in [5.41, 5.74) is 1.74. The molecule has 0 aliphatic rings. The number of ketones is 1. The van der Waals surface area contributed by atoms with Crippen LogP contribution in [0.3, 0.4) is 0 Å². The molecule has 0 aromatic heterocycles. The van der Waals surface area contributed by atoms with Gasteiger partial charge in [-0.15, -0.1) is 0 Å². The molecule has 2 nitrogen and oxygen atoms in total. The zero-order chi connectivity index (χ0) is 19.6. The molecule has 0 bridgehead atoms. The van der Waals surface area contributed by atoms with Crippen molar-refractivity contribution < 1.29 is 18.0 Å². The molecule has 0 heterocycles. The van der Waals surface area contributed by atoms with Crippen molar-refractivity contribution in [3.8, 4) is 0 Å². The number of hydrogen-bond donors (Lipinski definition) is 1. The Balaban J connectivity index is 1.86. The highest BCUT2D eigenvalue weighted by Gasteiger charge is 2.30. The van der Waals surface area contributed by atoms with E-state index in [4.69, 9.17) is 11.6 Å². The Morgan fingerprint density at radius 1 is 0.889 bits per heavy atom. The fourth-order valence-corrected chi connectivity index (χ4v) is 2.96. The van der Waals surface area contributed by atoms with Gasteiger partial charge in [0, 0.05) is 22.5 Å². The topological polar surface area (TPSA) is 29.1 Å². The summed E-state index contributed by atoms with van der Waals surface area (Å²) in [5, 5.41) is 3.10. The van der Waals surface area contributed by atoms with Crippen molar-refractivity contribution >= 4 is 28.8 Å². The summed E-state index contributed by atoms with van der Waals surface area (Å²) < 4.78 is 38.5. The summed E-state index contributed by atoms with van der Waals surface area (Å²) in [5.74, 6) is -0.205. The molecule has 0 radical (unpaired) electrons. The van der Waals surface area contributed by atoms with Crippen LogP contribution in [0.1, 0.15) is 27.0 Å². The van der Waals surface area contributed by atoms with Crippen LogP contribution < -0.4 is 5.32 Å². The standard InChI is InChI=1S/C21H15ClF3NO/c1-13-5-2-3-8-17(13)20(27)18-10-9-16(12-19(18)22)26-15-7-4-6-14(11-15)21(23,24)25/h2-12,26H,1H3. The van der Waals surface area contributed by atoms with Crippen molar-refractivity contribution in [2.75, 3.05) is 5.32 Å². The van der Waals surface area contributed by atoms with Crippen molar-refractivity contribution in [1.29, 1.82) is 0 Å². The maximum Gasteiger partial charge on any atom is 0.416 e. The monoisotopic (exact) mass is 389 g/mol. The molecule has 0 spiro atoms. The Morgan fingerprint density at radius 2 is 1.59 bits per heavy atom. The second-order valence-corrected chi connectivity index (χ2v) is 6.45. The Bertz CT molecular complexity index is 999. The van der Waals surface area contributed by atoms with Crippen LogP contribution in [-0.2, 0) is 6.18 Å². The highest BCUT2D eigenvalue weighted by atomic mass is 35.5. The molecule has 0 aliphatic carbocycles. The smallest absolute Gasteiger partial charge is 0.355 e. The number of carbonyl (C=O) groups is 1. The molecule has 0 saturated heterocycles. The average molecular weight is 390 g/mol. The van der Waals surface area contributed by atoms with Gasteiger partial charge in [-0.05, 0) is 48.9 Å². The lowest BCUT2D eigenvalue weighted by Crippen LogP contribution is -2.06. The maximum absolute atomic E-state index is 12.8. The number of nitrogens with one attached hydrogen (secondary N) is 1. The highest BCUT2D eigenvalue weighted by molar-refractivity contribution is 6.35. The minimum absolute atomic E-state index is 0.205. The third-order valence-corrected chi connectivity index (χ3v) is 4.39. The van der Waals surface area contributed by atoms with Gasteiger partial charge in [0.25, 0.3) is 0 Å². The number of rotatable bonds is 4. The summed E-state index contributed by atoms with van der Waals surface area (Å²) in [6, 6.07) is 16.7. The molecule has 0 aliphatic heterocycles. The fraction of sp³-hybridized carbons (Fsp3) is 0.0952. The van der Waals surface area contributed by atoms with Gasteiger partial charge in [0.05, 0.1) is 10.6 Å². The van der Waals surface area contributed by atoms with Gasteiger partial charge >= 0.3 is 6.18 Å². The third-order valence-electron chi connectivity index (χ3n) is 4.08. The Kier molecular flexibility index (Phi) is 5.24. The van der Waals surface area contributed by atoms with Crippen LogP contribution in [0.25, 0.3) is 0 Å². The first-order chi connectivity index (χ1) is 12.8. The first-order valence-corrected chi connectivity index (χ1v) is 8.47. The van der Waals surface area contributed by atoms with Crippen LogP contribution in [0.2, 0.25) is 5.02 Å². The first kappa shape index (κ1) is 19.0. The molecule has 0 saturated carbocycles. The SMILES string of the molecule is Cc1ccccc1C(=O)c1ccc(Nc2cccc(C(F)(F)F)c2)cc1Cl. The zero-order valence-electron chi connectivity index (χ0n) is 14.3. The second-order valence-electron chi connectivity index (χ2n) is 6.04. The van der Waals surface area contributed by atoms with Crippen LogP contribution in [0.15, 0.2) is 66.7 Å². The van der Waals surface area contributed by atoms with Crippen LogP contribution in [0.4, 0.5) is 24.5 Å². The molecule has 0 atom stereocenters. The number of halogens is 4. The van der Waals surface area contributed by atoms with Crippen LogP contribution in [0.5, 0.6) is 0 Å². The van der Waals surface area contributed by atoms with Gasteiger partial charge < -0.3 is 5.32 Å². The Hall–Kier alpha value is -2.79. The summed E-state index contributed by atoms with van der Waals surface area (Å²) in [7, 11) is 0. The molecular weight excluding hydrogens is 375 g/mol. The number of anilines is 2. The minimum atomic E-state index is -4.42. The molecule has 0 amide bonds. The lowest BCUT2D eigenvalue weighted by molar-refractivity contribution is -0.137. The van der Waals surface area contributed by atoms with E-state index in [1.807, 2.05) is 19.1 Å². The van der Waals surface area contributed by atoms with E-state index >= 15 is 0 Å². The van der Waals surface area contributed by atoms with Crippen LogP contribution in [0, 0.1) is 6.92 Å². The largest absolute Gasteiger partial charge is 0.416 e. The number of aryl methyl sites for hydroxylation is 1. The summed E-state index contributed by atoms with van der Waals surface area (Å²) in [4.78, 5) is 12.7. The van der Waals surface area contributed by atoms with E-state index in [0.29, 0.717) is 16.8 Å². The van der Waals surface area contributed by atoms with E-state index in [0.717, 1.165) is 17.7 Å². The van der Waals surface area contributed by atoms with Crippen molar-refractivity contribution in [2.45, 2.75) is 13.1 Å². The van der Waals surface area contributed by atoms with E-state index in [1.54, 1.807) is 24.3 Å². The van der Waals surface area contributed by atoms with Gasteiger partial charge in [-0.1, -0.05) is 41.9 Å². The zero-order valence-corrected chi connectivity index (χ0v) is 15.0. The quantitative estimate of drug-likeness (QED) is 0.506. The molecule has 0 unspecified atom stereocenters. The first-order valence-electron chi connectivity index (χ1n) is 8.10. The number of benzene rings is 3. The fourth-order valence-electron chi connectivity index (χ4n) is 2.69. The third kappa shape index (κ3) is 4.31. The molecule has 1 N–H and O–H groups in total. The lowest BCUT2D eigenvalue weighted by Gasteiger charge is -2.12. The highest BCUT2D eigenvalue weighted by Crippen LogP contribution is 2.32. The molecule has 6 heteroatoms. The molecule has 3 aromatic carbocycles. The number of carbonyl (C=O) groups excluding carboxylic acids is 1. The van der Waals surface area contributed by atoms with Crippen molar-refractivity contribution in [2.24, 2.45) is 0 Å². The van der Waals surface area contributed by atoms with Gasteiger partial charge in [-0.25, -0.2) is 0 Å². The number of hydrogen-bond acceptors (Lipinski definition) is 2. The van der Waals surface area contributed by atoms with Crippen molar-refractivity contribution in [1.82, 2.24) is 0 Å². The lowest BCUT2D eigenvalue weighted by atomic mass is 9.99. The second kappa shape index (κ2) is 7.45. The molecular formula is C21H15ClF3NO. The molecule has 3 aromatic rings. The van der Waals surface area contributed by atoms with Gasteiger partial charge in [0.15, 0.2) is 5.78 Å².